The first-order valence-corrected chi connectivity index (χ1v) is 12.0. The smallest absolute Gasteiger partial charge is 0.310 e. The van der Waals surface area contributed by atoms with Crippen LogP contribution < -0.4 is 10.6 Å². The molecule has 2 unspecified atom stereocenters. The van der Waals surface area contributed by atoms with Gasteiger partial charge in [0, 0.05) is 26.3 Å². The molecule has 7 rings (SSSR count). The molecule has 9 heteroatoms. The standard InChI is InChI=1S/C26H28FN5O3/c1-14-7-15(3-4-18(14)27)10-28-23(33)21-22-20(30-13-31-21)19(11-32(22)2)29-12-25-5-6-26(24(34)35)16(8-25)17(26)9-25/h3-4,7,11,13,16-17,29H,5-6,8-10,12H2,1-2H3,(H,28,33)(H,34,35). The fourth-order valence-electron chi connectivity index (χ4n) is 6.86. The molecule has 2 aromatic heterocycles. The van der Waals surface area contributed by atoms with Gasteiger partial charge in [0.05, 0.1) is 11.1 Å². The van der Waals surface area contributed by atoms with Gasteiger partial charge in [0.1, 0.15) is 23.2 Å². The second kappa shape index (κ2) is 7.50. The van der Waals surface area contributed by atoms with E-state index in [0.717, 1.165) is 43.5 Å². The van der Waals surface area contributed by atoms with E-state index < -0.39 is 11.4 Å². The van der Waals surface area contributed by atoms with Crippen LogP contribution >= 0.6 is 0 Å². The van der Waals surface area contributed by atoms with Crippen LogP contribution in [-0.2, 0) is 18.4 Å². The zero-order chi connectivity index (χ0) is 24.5. The van der Waals surface area contributed by atoms with Crippen LogP contribution in [0.25, 0.3) is 11.0 Å². The lowest BCUT2D eigenvalue weighted by atomic mass is 9.66. The summed E-state index contributed by atoms with van der Waals surface area (Å²) in [5.74, 6) is -0.556. The SMILES string of the molecule is Cc1cc(CNC(=O)c2ncnc3c(NCC45CCC6(C(=O)O)C(C4)C6C5)cn(C)c23)ccc1F. The highest BCUT2D eigenvalue weighted by Gasteiger charge is 2.78. The number of nitrogens with one attached hydrogen (secondary N) is 2. The van der Waals surface area contributed by atoms with E-state index in [2.05, 4.69) is 20.6 Å². The first kappa shape index (κ1) is 22.0. The monoisotopic (exact) mass is 477 g/mol. The van der Waals surface area contributed by atoms with E-state index in [9.17, 15) is 19.1 Å². The Morgan fingerprint density at radius 2 is 2.00 bits per heavy atom. The number of amides is 1. The van der Waals surface area contributed by atoms with Gasteiger partial charge in [-0.15, -0.1) is 0 Å². The van der Waals surface area contributed by atoms with Gasteiger partial charge >= 0.3 is 5.97 Å². The first-order valence-electron chi connectivity index (χ1n) is 12.0. The maximum atomic E-state index is 13.5. The topological polar surface area (TPSA) is 109 Å². The number of nitrogens with zero attached hydrogens (tertiary/aromatic N) is 3. The predicted molar refractivity (Wildman–Crippen MR) is 127 cm³/mol. The van der Waals surface area contributed by atoms with E-state index in [-0.39, 0.29) is 29.4 Å². The zero-order valence-electron chi connectivity index (χ0n) is 19.8. The molecular weight excluding hydrogens is 449 g/mol. The molecule has 4 saturated carbocycles. The lowest BCUT2D eigenvalue weighted by Gasteiger charge is -2.40. The number of hydrogen-bond donors (Lipinski definition) is 3. The van der Waals surface area contributed by atoms with Crippen LogP contribution in [0.4, 0.5) is 10.1 Å². The highest BCUT2D eigenvalue weighted by molar-refractivity contribution is 6.06. The molecule has 4 aliphatic rings. The van der Waals surface area contributed by atoms with Crippen molar-refractivity contribution in [2.45, 2.75) is 39.2 Å². The second-order valence-corrected chi connectivity index (χ2v) is 10.7. The van der Waals surface area contributed by atoms with Gasteiger partial charge in [0.25, 0.3) is 5.91 Å². The van der Waals surface area contributed by atoms with Crippen LogP contribution in [0, 0.1) is 35.4 Å². The minimum Gasteiger partial charge on any atom is -0.481 e. The highest BCUT2D eigenvalue weighted by atomic mass is 19.1. The van der Waals surface area contributed by atoms with Crippen molar-refractivity contribution in [3.8, 4) is 0 Å². The normalized spacial score (nSPS) is 28.2. The molecule has 4 bridgehead atoms. The fourth-order valence-corrected chi connectivity index (χ4v) is 6.86. The molecule has 4 aliphatic carbocycles. The van der Waals surface area contributed by atoms with Crippen molar-refractivity contribution in [2.24, 2.45) is 29.7 Å². The number of aliphatic carboxylic acids is 1. The minimum atomic E-state index is -0.611. The molecule has 182 valence electrons. The summed E-state index contributed by atoms with van der Waals surface area (Å²) in [5.41, 5.74) is 3.49. The van der Waals surface area contributed by atoms with Crippen LogP contribution in [0.1, 0.15) is 47.3 Å². The van der Waals surface area contributed by atoms with E-state index in [4.69, 9.17) is 0 Å². The van der Waals surface area contributed by atoms with E-state index in [1.807, 2.05) is 17.8 Å². The second-order valence-electron chi connectivity index (χ2n) is 10.7. The summed E-state index contributed by atoms with van der Waals surface area (Å²) < 4.78 is 15.4. The number of carboxylic acid groups (broad SMARTS) is 1. The van der Waals surface area contributed by atoms with Gasteiger partial charge in [-0.2, -0.15) is 0 Å². The average Bonchev–Trinajstić information content (AvgIpc) is 3.15. The molecule has 3 N–H and O–H groups in total. The Hall–Kier alpha value is -3.49. The third-order valence-electron chi connectivity index (χ3n) is 8.77. The number of carbonyl (C=O) groups is 2. The van der Waals surface area contributed by atoms with E-state index >= 15 is 0 Å². The molecule has 1 aromatic carbocycles. The summed E-state index contributed by atoms with van der Waals surface area (Å²) in [7, 11) is 1.86. The summed E-state index contributed by atoms with van der Waals surface area (Å²) in [6, 6.07) is 4.77. The van der Waals surface area contributed by atoms with Gasteiger partial charge in [-0.3, -0.25) is 9.59 Å². The molecule has 0 saturated heterocycles. The Bertz CT molecular complexity index is 1370. The summed E-state index contributed by atoms with van der Waals surface area (Å²) in [4.78, 5) is 33.4. The van der Waals surface area contributed by atoms with Crippen molar-refractivity contribution in [1.29, 1.82) is 0 Å². The Morgan fingerprint density at radius 1 is 1.23 bits per heavy atom. The average molecular weight is 478 g/mol. The van der Waals surface area contributed by atoms with Crippen molar-refractivity contribution in [3.05, 3.63) is 53.4 Å². The molecular formula is C26H28FN5O3. The van der Waals surface area contributed by atoms with Crippen LogP contribution in [0.3, 0.4) is 0 Å². The summed E-state index contributed by atoms with van der Waals surface area (Å²) in [6.07, 6.45) is 6.95. The maximum absolute atomic E-state index is 13.5. The number of aromatic nitrogens is 3. The molecule has 0 radical (unpaired) electrons. The third-order valence-corrected chi connectivity index (χ3v) is 8.77. The largest absolute Gasteiger partial charge is 0.481 e. The van der Waals surface area contributed by atoms with Crippen LogP contribution in [0.5, 0.6) is 0 Å². The van der Waals surface area contributed by atoms with Gasteiger partial charge < -0.3 is 20.3 Å². The molecule has 4 fully saturated rings. The number of rotatable bonds is 7. The Balaban J connectivity index is 1.17. The Morgan fingerprint density at radius 3 is 2.69 bits per heavy atom. The first-order chi connectivity index (χ1) is 16.7. The van der Waals surface area contributed by atoms with Crippen LogP contribution in [0.15, 0.2) is 30.7 Å². The van der Waals surface area contributed by atoms with E-state index in [1.54, 1.807) is 19.1 Å². The predicted octanol–water partition coefficient (Wildman–Crippen LogP) is 3.65. The molecule has 0 aliphatic heterocycles. The summed E-state index contributed by atoms with van der Waals surface area (Å²) >= 11 is 0. The van der Waals surface area contributed by atoms with Crippen LogP contribution in [-0.4, -0.2) is 38.1 Å². The number of carbonyl (C=O) groups excluding carboxylic acids is 1. The molecule has 3 aromatic rings. The number of halogens is 1. The number of hydrogen-bond acceptors (Lipinski definition) is 5. The summed E-state index contributed by atoms with van der Waals surface area (Å²) in [5, 5.41) is 16.1. The van der Waals surface area contributed by atoms with Gasteiger partial charge in [-0.05, 0) is 67.1 Å². The van der Waals surface area contributed by atoms with Gasteiger partial charge in [0.15, 0.2) is 5.69 Å². The molecule has 2 atom stereocenters. The molecule has 8 nitrogen and oxygen atoms in total. The highest BCUT2D eigenvalue weighted by Crippen LogP contribution is 2.78. The van der Waals surface area contributed by atoms with Gasteiger partial charge in [-0.25, -0.2) is 14.4 Å². The quantitative estimate of drug-likeness (QED) is 0.479. The number of fused-ring (bicyclic) bond motifs is 2. The molecule has 2 heterocycles. The van der Waals surface area contributed by atoms with Gasteiger partial charge in [0.2, 0.25) is 0 Å². The lowest BCUT2D eigenvalue weighted by Crippen LogP contribution is -2.39. The molecule has 35 heavy (non-hydrogen) atoms. The number of benzene rings is 1. The fraction of sp³-hybridized carbons (Fsp3) is 0.462. The zero-order valence-corrected chi connectivity index (χ0v) is 19.8. The van der Waals surface area contributed by atoms with E-state index in [0.29, 0.717) is 28.4 Å². The van der Waals surface area contributed by atoms with Crippen molar-refractivity contribution < 1.29 is 19.1 Å². The number of carboxylic acids is 1. The van der Waals surface area contributed by atoms with Crippen molar-refractivity contribution in [3.63, 3.8) is 0 Å². The van der Waals surface area contributed by atoms with Crippen molar-refractivity contribution in [2.75, 3.05) is 11.9 Å². The third kappa shape index (κ3) is 3.24. The molecule has 1 amide bonds. The van der Waals surface area contributed by atoms with Crippen molar-refractivity contribution in [1.82, 2.24) is 19.9 Å². The van der Waals surface area contributed by atoms with Crippen LogP contribution in [0.2, 0.25) is 0 Å². The maximum Gasteiger partial charge on any atom is 0.310 e. The lowest BCUT2D eigenvalue weighted by molar-refractivity contribution is -0.147. The van der Waals surface area contributed by atoms with Gasteiger partial charge in [-0.1, -0.05) is 12.1 Å². The minimum absolute atomic E-state index is 0.134. The van der Waals surface area contributed by atoms with E-state index in [1.165, 1.54) is 12.4 Å². The summed E-state index contributed by atoms with van der Waals surface area (Å²) in [6.45, 7) is 2.73. The Labute approximate surface area is 202 Å². The Kier molecular flexibility index (Phi) is 4.72. The molecule has 0 spiro atoms. The number of aryl methyl sites for hydroxylation is 2. The van der Waals surface area contributed by atoms with Crippen molar-refractivity contribution >= 4 is 28.6 Å². The number of anilines is 1.